The molecule has 0 N–H and O–H groups in total. The average molecular weight is 303 g/mol. The zero-order valence-electron chi connectivity index (χ0n) is 9.49. The number of carbonyl (C=O) groups excluding carboxylic acids is 1. The number of hydrogen-bond acceptors (Lipinski definition) is 3. The zero-order valence-corrected chi connectivity index (χ0v) is 11.9. The standard InChI is InChI=1S/C11H15BrN2OS/c1-7-10(12)16-11(13-7)9-4-3-5-14(6-9)8(2)15/h9H,3-6H2,1-2H3/t9-/m1/s1. The second-order valence-corrected chi connectivity index (χ2v) is 6.56. The number of rotatable bonds is 1. The van der Waals surface area contributed by atoms with E-state index in [1.54, 1.807) is 18.3 Å². The van der Waals surface area contributed by atoms with Crippen molar-refractivity contribution in [3.05, 3.63) is 14.5 Å². The Morgan fingerprint density at radius 1 is 1.62 bits per heavy atom. The summed E-state index contributed by atoms with van der Waals surface area (Å²) in [6, 6.07) is 0. The topological polar surface area (TPSA) is 33.2 Å². The molecule has 1 fully saturated rings. The van der Waals surface area contributed by atoms with Gasteiger partial charge in [0.1, 0.15) is 0 Å². The molecule has 1 aliphatic rings. The van der Waals surface area contributed by atoms with E-state index in [1.807, 2.05) is 11.8 Å². The maximum Gasteiger partial charge on any atom is 0.219 e. The van der Waals surface area contributed by atoms with E-state index in [9.17, 15) is 4.79 Å². The Balaban J connectivity index is 2.12. The third-order valence-corrected chi connectivity index (χ3v) is 5.14. The predicted molar refractivity (Wildman–Crippen MR) is 68.8 cm³/mol. The van der Waals surface area contributed by atoms with E-state index in [4.69, 9.17) is 0 Å². The summed E-state index contributed by atoms with van der Waals surface area (Å²) in [5.74, 6) is 0.602. The summed E-state index contributed by atoms with van der Waals surface area (Å²) in [6.07, 6.45) is 2.23. The van der Waals surface area contributed by atoms with E-state index < -0.39 is 0 Å². The van der Waals surface area contributed by atoms with Gasteiger partial charge in [0.05, 0.1) is 14.5 Å². The van der Waals surface area contributed by atoms with E-state index >= 15 is 0 Å². The Kier molecular flexibility index (Phi) is 3.64. The number of halogens is 1. The Hall–Kier alpha value is -0.420. The van der Waals surface area contributed by atoms with Gasteiger partial charge in [0, 0.05) is 25.9 Å². The highest BCUT2D eigenvalue weighted by Gasteiger charge is 2.25. The number of aryl methyl sites for hydroxylation is 1. The SMILES string of the molecule is CC(=O)N1CCC[C@@H](c2nc(C)c(Br)s2)C1. The van der Waals surface area contributed by atoms with Crippen molar-refractivity contribution in [1.82, 2.24) is 9.88 Å². The molecule has 0 radical (unpaired) electrons. The average Bonchev–Trinajstić information content (AvgIpc) is 2.59. The summed E-state index contributed by atoms with van der Waals surface area (Å²) in [5.41, 5.74) is 1.06. The predicted octanol–water partition coefficient (Wildman–Crippen LogP) is 2.94. The number of nitrogens with zero attached hydrogens (tertiary/aromatic N) is 2. The first-order valence-corrected chi connectivity index (χ1v) is 7.07. The van der Waals surface area contributed by atoms with E-state index in [-0.39, 0.29) is 5.91 Å². The van der Waals surface area contributed by atoms with Gasteiger partial charge >= 0.3 is 0 Å². The lowest BCUT2D eigenvalue weighted by molar-refractivity contribution is -0.130. The molecule has 5 heteroatoms. The first kappa shape index (κ1) is 12.0. The minimum Gasteiger partial charge on any atom is -0.342 e. The summed E-state index contributed by atoms with van der Waals surface area (Å²) in [5, 5.41) is 1.16. The maximum absolute atomic E-state index is 11.3. The van der Waals surface area contributed by atoms with Crippen LogP contribution in [0.4, 0.5) is 0 Å². The molecule has 1 saturated heterocycles. The van der Waals surface area contributed by atoms with Crippen LogP contribution in [0.1, 0.15) is 36.4 Å². The molecule has 3 nitrogen and oxygen atoms in total. The van der Waals surface area contributed by atoms with Crippen molar-refractivity contribution in [1.29, 1.82) is 0 Å². The summed E-state index contributed by atoms with van der Waals surface area (Å²) in [6.45, 7) is 5.38. The van der Waals surface area contributed by atoms with Gasteiger partial charge in [-0.1, -0.05) is 0 Å². The fourth-order valence-corrected chi connectivity index (χ4v) is 3.54. The molecule has 0 aromatic carbocycles. The number of amides is 1. The first-order chi connectivity index (χ1) is 7.58. The molecule has 1 aromatic heterocycles. The van der Waals surface area contributed by atoms with Crippen LogP contribution in [-0.4, -0.2) is 28.9 Å². The first-order valence-electron chi connectivity index (χ1n) is 5.46. The van der Waals surface area contributed by atoms with Crippen LogP contribution >= 0.6 is 27.3 Å². The van der Waals surface area contributed by atoms with Gasteiger partial charge in [0.15, 0.2) is 0 Å². The number of thiazole rings is 1. The van der Waals surface area contributed by atoms with Gasteiger partial charge in [-0.2, -0.15) is 0 Å². The molecule has 2 heterocycles. The van der Waals surface area contributed by atoms with Gasteiger partial charge in [-0.3, -0.25) is 4.79 Å². The maximum atomic E-state index is 11.3. The lowest BCUT2D eigenvalue weighted by Gasteiger charge is -2.30. The Bertz CT molecular complexity index is 385. The fraction of sp³-hybridized carbons (Fsp3) is 0.636. The molecule has 1 amide bonds. The van der Waals surface area contributed by atoms with Crippen LogP contribution in [0.25, 0.3) is 0 Å². The molecule has 16 heavy (non-hydrogen) atoms. The largest absolute Gasteiger partial charge is 0.342 e. The Labute approximate surface area is 108 Å². The molecule has 2 rings (SSSR count). The zero-order chi connectivity index (χ0) is 11.7. The third kappa shape index (κ3) is 2.46. The molecule has 0 bridgehead atoms. The summed E-state index contributed by atoms with van der Waals surface area (Å²) >= 11 is 5.20. The molecular weight excluding hydrogens is 288 g/mol. The van der Waals surface area contributed by atoms with Crippen molar-refractivity contribution in [2.24, 2.45) is 0 Å². The van der Waals surface area contributed by atoms with Gasteiger partial charge in [-0.15, -0.1) is 11.3 Å². The number of likely N-dealkylation sites (tertiary alicyclic amines) is 1. The lowest BCUT2D eigenvalue weighted by atomic mass is 9.99. The summed E-state index contributed by atoms with van der Waals surface area (Å²) in [7, 11) is 0. The van der Waals surface area contributed by atoms with Gasteiger partial charge in [0.25, 0.3) is 0 Å². The van der Waals surface area contributed by atoms with Crippen molar-refractivity contribution >= 4 is 33.2 Å². The second-order valence-electron chi connectivity index (χ2n) is 4.22. The van der Waals surface area contributed by atoms with E-state index in [1.165, 1.54) is 0 Å². The van der Waals surface area contributed by atoms with Gasteiger partial charge in [0.2, 0.25) is 5.91 Å². The van der Waals surface area contributed by atoms with Crippen molar-refractivity contribution in [2.75, 3.05) is 13.1 Å². The summed E-state index contributed by atoms with van der Waals surface area (Å²) < 4.78 is 1.11. The van der Waals surface area contributed by atoms with Crippen molar-refractivity contribution in [3.8, 4) is 0 Å². The molecule has 0 unspecified atom stereocenters. The van der Waals surface area contributed by atoms with Crippen LogP contribution < -0.4 is 0 Å². The van der Waals surface area contributed by atoms with Crippen molar-refractivity contribution in [2.45, 2.75) is 32.6 Å². The van der Waals surface area contributed by atoms with Gasteiger partial charge < -0.3 is 4.90 Å². The molecule has 88 valence electrons. The van der Waals surface area contributed by atoms with E-state index in [0.717, 1.165) is 40.4 Å². The quantitative estimate of drug-likeness (QED) is 0.799. The van der Waals surface area contributed by atoms with Crippen LogP contribution in [0.15, 0.2) is 3.79 Å². The van der Waals surface area contributed by atoms with Crippen molar-refractivity contribution < 1.29 is 4.79 Å². The van der Waals surface area contributed by atoms with Gasteiger partial charge in [-0.05, 0) is 35.7 Å². The normalized spacial score (nSPS) is 21.2. The molecule has 1 aliphatic heterocycles. The number of carbonyl (C=O) groups is 1. The van der Waals surface area contributed by atoms with Crippen molar-refractivity contribution in [3.63, 3.8) is 0 Å². The minimum absolute atomic E-state index is 0.178. The second kappa shape index (κ2) is 4.84. The summed E-state index contributed by atoms with van der Waals surface area (Å²) in [4.78, 5) is 17.8. The fourth-order valence-electron chi connectivity index (χ4n) is 2.04. The van der Waals surface area contributed by atoms with E-state index in [0.29, 0.717) is 5.92 Å². The lowest BCUT2D eigenvalue weighted by Crippen LogP contribution is -2.37. The van der Waals surface area contributed by atoms with Crippen LogP contribution in [-0.2, 0) is 4.79 Å². The van der Waals surface area contributed by atoms with Crippen LogP contribution in [0.2, 0.25) is 0 Å². The third-order valence-electron chi connectivity index (χ3n) is 2.97. The Morgan fingerprint density at radius 2 is 2.38 bits per heavy atom. The number of aromatic nitrogens is 1. The smallest absolute Gasteiger partial charge is 0.219 e. The molecule has 1 atom stereocenters. The van der Waals surface area contributed by atoms with Gasteiger partial charge in [-0.25, -0.2) is 4.98 Å². The Morgan fingerprint density at radius 3 is 2.94 bits per heavy atom. The minimum atomic E-state index is 0.178. The molecular formula is C11H15BrN2OS. The number of hydrogen-bond donors (Lipinski definition) is 0. The monoisotopic (exact) mass is 302 g/mol. The van der Waals surface area contributed by atoms with E-state index in [2.05, 4.69) is 20.9 Å². The van der Waals surface area contributed by atoms with Crippen LogP contribution in [0.5, 0.6) is 0 Å². The molecule has 1 aromatic rings. The highest BCUT2D eigenvalue weighted by molar-refractivity contribution is 9.11. The molecule has 0 saturated carbocycles. The molecule has 0 aliphatic carbocycles. The number of piperidine rings is 1. The van der Waals surface area contributed by atoms with Crippen LogP contribution in [0, 0.1) is 6.92 Å². The highest BCUT2D eigenvalue weighted by Crippen LogP contribution is 2.33. The highest BCUT2D eigenvalue weighted by atomic mass is 79.9. The molecule has 0 spiro atoms. The van der Waals surface area contributed by atoms with Crippen LogP contribution in [0.3, 0.4) is 0 Å².